The number of nitrogens with zero attached hydrogens (tertiary/aromatic N) is 5. The zero-order valence-electron chi connectivity index (χ0n) is 22.0. The van der Waals surface area contributed by atoms with Gasteiger partial charge < -0.3 is 15.7 Å². The first kappa shape index (κ1) is 26.3. The highest BCUT2D eigenvalue weighted by molar-refractivity contribution is 7.91. The number of sulfone groups is 1. The molecule has 6 rings (SSSR count). The van der Waals surface area contributed by atoms with Gasteiger partial charge in [-0.15, -0.1) is 0 Å². The van der Waals surface area contributed by atoms with Crippen molar-refractivity contribution < 1.29 is 22.7 Å². The minimum absolute atomic E-state index is 0.0144. The van der Waals surface area contributed by atoms with E-state index in [1.807, 2.05) is 12.1 Å². The van der Waals surface area contributed by atoms with Gasteiger partial charge in [-0.3, -0.25) is 9.78 Å². The second-order valence-electron chi connectivity index (χ2n) is 10.7. The number of pyridine rings is 1. The van der Waals surface area contributed by atoms with Crippen LogP contribution in [0, 0.1) is 5.82 Å². The second kappa shape index (κ2) is 9.63. The molecule has 3 aromatic heterocycles. The topological polar surface area (TPSA) is 144 Å². The molecule has 2 fully saturated rings. The van der Waals surface area contributed by atoms with Crippen LogP contribution in [0.1, 0.15) is 44.2 Å². The molecule has 5 heterocycles. The van der Waals surface area contributed by atoms with Crippen molar-refractivity contribution in [3.8, 4) is 22.4 Å². The molecular formula is C28H29FN6O4S. The second-order valence-corrected chi connectivity index (χ2v) is 12.6. The first-order valence-electron chi connectivity index (χ1n) is 13.1. The van der Waals surface area contributed by atoms with Gasteiger partial charge in [-0.2, -0.15) is 9.61 Å². The Morgan fingerprint density at radius 2 is 1.73 bits per heavy atom. The Bertz CT molecular complexity index is 1710. The lowest BCUT2D eigenvalue weighted by atomic mass is 9.87. The summed E-state index contributed by atoms with van der Waals surface area (Å²) in [5.41, 5.74) is 10.0. The number of nitrogen functional groups attached to an aromatic ring is 1. The first-order chi connectivity index (χ1) is 19.0. The van der Waals surface area contributed by atoms with E-state index in [2.05, 4.69) is 10.1 Å². The number of amides is 1. The number of aliphatic hydroxyl groups is 1. The highest BCUT2D eigenvalue weighted by Crippen LogP contribution is 2.45. The number of carbonyl (C=O) groups is 1. The lowest BCUT2D eigenvalue weighted by Gasteiger charge is -2.39. The van der Waals surface area contributed by atoms with Crippen molar-refractivity contribution in [2.75, 3.05) is 12.0 Å². The predicted octanol–water partition coefficient (Wildman–Crippen LogP) is 3.20. The zero-order valence-corrected chi connectivity index (χ0v) is 22.8. The molecule has 0 radical (unpaired) electrons. The first-order valence-corrected chi connectivity index (χ1v) is 15.0. The zero-order chi connectivity index (χ0) is 28.3. The lowest BCUT2D eigenvalue weighted by Crippen LogP contribution is -2.49. The van der Waals surface area contributed by atoms with Gasteiger partial charge >= 0.3 is 0 Å². The SMILES string of the molecule is C[C@@H](O)C(=O)N1[C@@H]2CC[C@H]1C[C@H](c1nc3c(-c4ccc(-c5ccc(F)cc5)nc4)cnn3c(N)c1S(C)(=O)=O)C2. The molecule has 0 spiro atoms. The standard InChI is InChI=1S/C28H29FN6O4S/c1-15(36)28(37)34-20-8-9-21(34)12-18(11-20)24-25(40(2,38)39)26(30)35-27(33-24)22(14-32-35)17-5-10-23(31-13-17)16-3-6-19(29)7-4-16/h3-7,10,13-15,18,20-21,36H,8-9,11-12,30H2,1-2H3/t15-,18-,20-,21+/m1/s1. The van der Waals surface area contributed by atoms with Gasteiger partial charge in [0.1, 0.15) is 22.6 Å². The third kappa shape index (κ3) is 4.40. The molecule has 4 atom stereocenters. The summed E-state index contributed by atoms with van der Waals surface area (Å²) in [7, 11) is -3.77. The molecule has 0 unspecified atom stereocenters. The summed E-state index contributed by atoms with van der Waals surface area (Å²) in [6.45, 7) is 1.47. The summed E-state index contributed by atoms with van der Waals surface area (Å²) < 4.78 is 40.6. The van der Waals surface area contributed by atoms with E-state index in [4.69, 9.17) is 10.7 Å². The van der Waals surface area contributed by atoms with Crippen LogP contribution in [0.25, 0.3) is 28.0 Å². The third-order valence-corrected chi connectivity index (χ3v) is 9.14. The van der Waals surface area contributed by atoms with E-state index in [9.17, 15) is 22.7 Å². The minimum Gasteiger partial charge on any atom is -0.384 e. The molecular weight excluding hydrogens is 535 g/mol. The number of aromatic nitrogens is 4. The van der Waals surface area contributed by atoms with E-state index < -0.39 is 15.9 Å². The van der Waals surface area contributed by atoms with Gasteiger partial charge in [0.25, 0.3) is 5.91 Å². The summed E-state index contributed by atoms with van der Waals surface area (Å²) in [4.78, 5) is 23.8. The van der Waals surface area contributed by atoms with Gasteiger partial charge in [0.2, 0.25) is 0 Å². The number of fused-ring (bicyclic) bond motifs is 3. The van der Waals surface area contributed by atoms with Crippen LogP contribution in [-0.2, 0) is 14.6 Å². The van der Waals surface area contributed by atoms with Crippen molar-refractivity contribution in [2.45, 2.75) is 61.6 Å². The Hall–Kier alpha value is -3.90. The fourth-order valence-corrected chi connectivity index (χ4v) is 7.26. The highest BCUT2D eigenvalue weighted by atomic mass is 32.2. The molecule has 0 aliphatic carbocycles. The molecule has 10 nitrogen and oxygen atoms in total. The third-order valence-electron chi connectivity index (χ3n) is 7.98. The van der Waals surface area contributed by atoms with Crippen LogP contribution < -0.4 is 5.73 Å². The summed E-state index contributed by atoms with van der Waals surface area (Å²) >= 11 is 0. The molecule has 2 aliphatic rings. The molecule has 0 saturated carbocycles. The Kier molecular flexibility index (Phi) is 6.34. The number of hydrogen-bond donors (Lipinski definition) is 2. The fraction of sp³-hybridized carbons (Fsp3) is 0.357. The number of benzene rings is 1. The largest absolute Gasteiger partial charge is 0.384 e. The normalized spacial score (nSPS) is 21.6. The number of nitrogens with two attached hydrogens (primary N) is 1. The van der Waals surface area contributed by atoms with E-state index in [0.717, 1.165) is 24.7 Å². The summed E-state index contributed by atoms with van der Waals surface area (Å²) in [5, 5.41) is 14.3. The van der Waals surface area contributed by atoms with Gasteiger partial charge in [0.05, 0.1) is 17.6 Å². The number of halogens is 1. The van der Waals surface area contributed by atoms with Crippen LogP contribution in [0.4, 0.5) is 10.2 Å². The number of anilines is 1. The van der Waals surface area contributed by atoms with E-state index in [-0.39, 0.29) is 40.4 Å². The van der Waals surface area contributed by atoms with Crippen LogP contribution in [0.2, 0.25) is 0 Å². The van der Waals surface area contributed by atoms with E-state index in [1.165, 1.54) is 23.6 Å². The van der Waals surface area contributed by atoms with Gasteiger partial charge in [-0.1, -0.05) is 6.07 Å². The monoisotopic (exact) mass is 564 g/mol. The van der Waals surface area contributed by atoms with E-state index >= 15 is 0 Å². The maximum atomic E-state index is 13.3. The average molecular weight is 565 g/mol. The molecule has 2 saturated heterocycles. The number of carbonyl (C=O) groups excluding carboxylic acids is 1. The van der Waals surface area contributed by atoms with Crippen molar-refractivity contribution >= 4 is 27.2 Å². The van der Waals surface area contributed by atoms with Crippen LogP contribution in [0.15, 0.2) is 53.7 Å². The molecule has 1 amide bonds. The summed E-state index contributed by atoms with van der Waals surface area (Å²) in [5.74, 6) is -0.881. The van der Waals surface area contributed by atoms with Crippen molar-refractivity contribution in [3.05, 3.63) is 60.3 Å². The van der Waals surface area contributed by atoms with Crippen molar-refractivity contribution in [1.29, 1.82) is 0 Å². The molecule has 12 heteroatoms. The highest BCUT2D eigenvalue weighted by Gasteiger charge is 2.46. The Morgan fingerprint density at radius 1 is 1.07 bits per heavy atom. The number of piperidine rings is 1. The molecule has 2 bridgehead atoms. The van der Waals surface area contributed by atoms with Gasteiger partial charge in [0, 0.05) is 47.1 Å². The predicted molar refractivity (Wildman–Crippen MR) is 146 cm³/mol. The van der Waals surface area contributed by atoms with Crippen molar-refractivity contribution in [3.63, 3.8) is 0 Å². The maximum Gasteiger partial charge on any atom is 0.251 e. The van der Waals surface area contributed by atoms with Crippen LogP contribution in [-0.4, -0.2) is 68.4 Å². The van der Waals surface area contributed by atoms with Crippen molar-refractivity contribution in [1.82, 2.24) is 24.5 Å². The Balaban J connectivity index is 1.42. The smallest absolute Gasteiger partial charge is 0.251 e. The Labute approximate surface area is 230 Å². The van der Waals surface area contributed by atoms with Crippen LogP contribution in [0.5, 0.6) is 0 Å². The number of aliphatic hydroxyl groups excluding tert-OH is 1. The number of hydrogen-bond acceptors (Lipinski definition) is 8. The molecule has 1 aromatic carbocycles. The van der Waals surface area contributed by atoms with Gasteiger partial charge in [-0.05, 0) is 62.9 Å². The quantitative estimate of drug-likeness (QED) is 0.376. The van der Waals surface area contributed by atoms with E-state index in [0.29, 0.717) is 41.0 Å². The molecule has 3 N–H and O–H groups in total. The van der Waals surface area contributed by atoms with Crippen molar-refractivity contribution in [2.24, 2.45) is 0 Å². The molecule has 208 valence electrons. The fourth-order valence-electron chi connectivity index (χ4n) is 6.20. The number of rotatable bonds is 5. The van der Waals surface area contributed by atoms with Gasteiger partial charge in [-0.25, -0.2) is 17.8 Å². The molecule has 40 heavy (non-hydrogen) atoms. The minimum atomic E-state index is -3.77. The average Bonchev–Trinajstić information content (AvgIpc) is 3.46. The summed E-state index contributed by atoms with van der Waals surface area (Å²) in [6.07, 6.45) is 5.89. The summed E-state index contributed by atoms with van der Waals surface area (Å²) in [6, 6.07) is 9.51. The maximum absolute atomic E-state index is 13.3. The molecule has 4 aromatic rings. The Morgan fingerprint density at radius 3 is 2.30 bits per heavy atom. The van der Waals surface area contributed by atoms with Crippen LogP contribution >= 0.6 is 0 Å². The van der Waals surface area contributed by atoms with Gasteiger partial charge in [0.15, 0.2) is 15.5 Å². The molecule has 2 aliphatic heterocycles. The lowest BCUT2D eigenvalue weighted by molar-refractivity contribution is -0.144. The van der Waals surface area contributed by atoms with Crippen LogP contribution in [0.3, 0.4) is 0 Å². The van der Waals surface area contributed by atoms with E-state index in [1.54, 1.807) is 29.4 Å².